The van der Waals surface area contributed by atoms with Gasteiger partial charge in [-0.25, -0.2) is 0 Å². The highest BCUT2D eigenvalue weighted by atomic mass is 19.4. The largest absolute Gasteiger partial charge is 0.411 e. The summed E-state index contributed by atoms with van der Waals surface area (Å²) in [5.74, 6) is -0.951. The Morgan fingerprint density at radius 2 is 1.68 bits per heavy atom. The van der Waals surface area contributed by atoms with Crippen molar-refractivity contribution in [1.29, 1.82) is 0 Å². The molecule has 5 nitrogen and oxygen atoms in total. The molecule has 224 valence electrons. The third-order valence-corrected chi connectivity index (χ3v) is 13.2. The zero-order valence-corrected chi connectivity index (χ0v) is 25.2. The van der Waals surface area contributed by atoms with Gasteiger partial charge in [0, 0.05) is 11.3 Å². The fourth-order valence-corrected chi connectivity index (χ4v) is 10.8. The minimum Gasteiger partial charge on any atom is -0.411 e. The number of ketones is 1. The van der Waals surface area contributed by atoms with Crippen LogP contribution in [0.25, 0.3) is 0 Å². The number of allylic oxidation sites excluding steroid dienone is 2. The molecule has 0 heterocycles. The maximum Gasteiger partial charge on any atom is 0.405 e. The molecule has 4 fully saturated rings. The summed E-state index contributed by atoms with van der Waals surface area (Å²) in [4.78, 5) is 28.1. The molecular weight excluding hydrogens is 517 g/mol. The van der Waals surface area contributed by atoms with Crippen LogP contribution in [0.3, 0.4) is 0 Å². The Balaban J connectivity index is 1.60. The molecule has 5 aliphatic rings. The first kappa shape index (κ1) is 29.6. The van der Waals surface area contributed by atoms with Gasteiger partial charge in [0.1, 0.15) is 6.54 Å². The number of rotatable bonds is 2. The molecule has 0 bridgehead atoms. The van der Waals surface area contributed by atoms with Gasteiger partial charge in [0.05, 0.1) is 11.1 Å². The van der Waals surface area contributed by atoms with Crippen molar-refractivity contribution in [3.05, 3.63) is 11.6 Å². The number of alkyl halides is 3. The van der Waals surface area contributed by atoms with E-state index in [4.69, 9.17) is 0 Å². The SMILES string of the molecule is CC1(C)CC[C@]2(C(=O)NCC(F)(F)F)CC[C@]3(C)[C@H](C(=O)C=C4[C@@]5(C)CCC(=NO)C(C)(C)[C@@H]5CC[C@]43C)[C@@H]2C1. The predicted molar refractivity (Wildman–Crippen MR) is 148 cm³/mol. The molecule has 7 atom stereocenters. The molecule has 0 saturated heterocycles. The van der Waals surface area contributed by atoms with Crippen molar-refractivity contribution >= 4 is 17.4 Å². The number of oxime groups is 1. The van der Waals surface area contributed by atoms with Crippen LogP contribution in [0.15, 0.2) is 16.8 Å². The second-order valence-electron chi connectivity index (χ2n) is 15.9. The van der Waals surface area contributed by atoms with Crippen molar-refractivity contribution in [1.82, 2.24) is 5.32 Å². The number of nitrogens with zero attached hydrogens (tertiary/aromatic N) is 1. The molecule has 0 radical (unpaired) electrons. The van der Waals surface area contributed by atoms with E-state index in [0.29, 0.717) is 32.1 Å². The summed E-state index contributed by atoms with van der Waals surface area (Å²) in [6, 6.07) is 0. The minimum atomic E-state index is -4.48. The zero-order valence-electron chi connectivity index (χ0n) is 25.2. The summed E-state index contributed by atoms with van der Waals surface area (Å²) >= 11 is 0. The molecule has 0 aromatic rings. The van der Waals surface area contributed by atoms with Gasteiger partial charge in [-0.05, 0) is 97.4 Å². The van der Waals surface area contributed by atoms with E-state index in [1.54, 1.807) is 0 Å². The standard InChI is InChI=1S/C32H47F3N2O3/c1-26(2)12-14-31(25(39)36-18-32(33,34)35)15-13-30(7)24(19(31)17-26)20(38)16-22-28(5)10-9-23(37-40)27(3,4)21(28)8-11-29(22,30)6/h16,19,21,24,40H,8-15,17-18H2,1-7H3,(H,36,39)/t19-,21-,24-,28-,29+,30+,31-/m0/s1. The number of amides is 1. The lowest BCUT2D eigenvalue weighted by molar-refractivity contribution is -0.182. The first-order chi connectivity index (χ1) is 18.3. The molecule has 40 heavy (non-hydrogen) atoms. The highest BCUT2D eigenvalue weighted by Gasteiger charge is 2.70. The van der Waals surface area contributed by atoms with Crippen LogP contribution in [-0.2, 0) is 9.59 Å². The van der Waals surface area contributed by atoms with Crippen LogP contribution in [0.2, 0.25) is 0 Å². The fraction of sp³-hybridized carbons (Fsp3) is 0.844. The van der Waals surface area contributed by atoms with Crippen LogP contribution in [0.1, 0.15) is 106 Å². The molecular formula is C32H47F3N2O3. The Hall–Kier alpha value is -1.86. The lowest BCUT2D eigenvalue weighted by Crippen LogP contribution is -2.67. The van der Waals surface area contributed by atoms with Gasteiger partial charge in [0.25, 0.3) is 0 Å². The minimum absolute atomic E-state index is 0.0478. The fourth-order valence-electron chi connectivity index (χ4n) is 10.8. The van der Waals surface area contributed by atoms with Crippen LogP contribution in [0.4, 0.5) is 13.2 Å². The number of hydrogen-bond donors (Lipinski definition) is 2. The zero-order chi connectivity index (χ0) is 29.7. The van der Waals surface area contributed by atoms with Crippen molar-refractivity contribution in [2.24, 2.45) is 55.4 Å². The molecule has 8 heteroatoms. The predicted octanol–water partition coefficient (Wildman–Crippen LogP) is 7.48. The van der Waals surface area contributed by atoms with Crippen molar-refractivity contribution in [3.8, 4) is 0 Å². The van der Waals surface area contributed by atoms with Crippen LogP contribution in [0.5, 0.6) is 0 Å². The summed E-state index contributed by atoms with van der Waals surface area (Å²) < 4.78 is 39.4. The van der Waals surface area contributed by atoms with E-state index in [2.05, 4.69) is 58.9 Å². The van der Waals surface area contributed by atoms with Crippen LogP contribution in [0, 0.1) is 50.2 Å². The summed E-state index contributed by atoms with van der Waals surface area (Å²) in [6.45, 7) is 14.1. The van der Waals surface area contributed by atoms with Gasteiger partial charge in [-0.3, -0.25) is 9.59 Å². The van der Waals surface area contributed by atoms with Gasteiger partial charge >= 0.3 is 6.18 Å². The Kier molecular flexibility index (Phi) is 6.54. The average molecular weight is 565 g/mol. The van der Waals surface area contributed by atoms with E-state index in [1.807, 2.05) is 6.08 Å². The number of carbonyl (C=O) groups excluding carboxylic acids is 2. The number of nitrogens with one attached hydrogen (secondary N) is 1. The van der Waals surface area contributed by atoms with E-state index < -0.39 is 35.4 Å². The van der Waals surface area contributed by atoms with Crippen molar-refractivity contribution in [2.75, 3.05) is 6.54 Å². The molecule has 0 aromatic carbocycles. The van der Waals surface area contributed by atoms with E-state index in [1.165, 1.54) is 5.57 Å². The van der Waals surface area contributed by atoms with Gasteiger partial charge in [-0.2, -0.15) is 13.2 Å². The highest BCUT2D eigenvalue weighted by molar-refractivity contribution is 5.97. The van der Waals surface area contributed by atoms with Crippen LogP contribution >= 0.6 is 0 Å². The molecule has 2 N–H and O–H groups in total. The molecule has 0 spiro atoms. The Bertz CT molecular complexity index is 1170. The summed E-state index contributed by atoms with van der Waals surface area (Å²) in [6.07, 6.45) is 3.82. The highest BCUT2D eigenvalue weighted by Crippen LogP contribution is 2.75. The smallest absolute Gasteiger partial charge is 0.405 e. The average Bonchev–Trinajstić information content (AvgIpc) is 2.83. The lowest BCUT2D eigenvalue weighted by Gasteiger charge is -2.69. The van der Waals surface area contributed by atoms with Crippen LogP contribution < -0.4 is 5.32 Å². The van der Waals surface area contributed by atoms with E-state index in [9.17, 15) is 28.0 Å². The molecule has 5 aliphatic carbocycles. The molecule has 4 saturated carbocycles. The lowest BCUT2D eigenvalue weighted by atomic mass is 9.34. The topological polar surface area (TPSA) is 78.8 Å². The number of carbonyl (C=O) groups is 2. The van der Waals surface area contributed by atoms with Crippen molar-refractivity contribution in [2.45, 2.75) is 112 Å². The quantitative estimate of drug-likeness (QED) is 0.270. The van der Waals surface area contributed by atoms with Crippen molar-refractivity contribution in [3.63, 3.8) is 0 Å². The molecule has 1 amide bonds. The summed E-state index contributed by atoms with van der Waals surface area (Å²) in [5.41, 5.74) is -0.214. The maximum absolute atomic E-state index is 14.4. The van der Waals surface area contributed by atoms with Crippen molar-refractivity contribution < 1.29 is 28.0 Å². The number of fused-ring (bicyclic) bond motifs is 7. The van der Waals surface area contributed by atoms with E-state index in [0.717, 1.165) is 31.4 Å². The third kappa shape index (κ3) is 3.96. The van der Waals surface area contributed by atoms with Gasteiger partial charge < -0.3 is 10.5 Å². The molecule has 0 aromatic heterocycles. The van der Waals surface area contributed by atoms with Gasteiger partial charge in [0.2, 0.25) is 5.91 Å². The molecule has 5 rings (SSSR count). The normalized spacial score (nSPS) is 45.0. The van der Waals surface area contributed by atoms with Gasteiger partial charge in [0.15, 0.2) is 5.78 Å². The maximum atomic E-state index is 14.4. The third-order valence-electron chi connectivity index (χ3n) is 13.2. The summed E-state index contributed by atoms with van der Waals surface area (Å²) in [5, 5.41) is 15.7. The van der Waals surface area contributed by atoms with Crippen LogP contribution in [-0.4, -0.2) is 35.3 Å². The Labute approximate surface area is 236 Å². The van der Waals surface area contributed by atoms with Gasteiger partial charge in [-0.1, -0.05) is 59.2 Å². The second-order valence-corrected chi connectivity index (χ2v) is 15.9. The number of halogens is 3. The second kappa shape index (κ2) is 8.82. The molecule has 0 aliphatic heterocycles. The Morgan fingerprint density at radius 1 is 1.02 bits per heavy atom. The molecule has 0 unspecified atom stereocenters. The summed E-state index contributed by atoms with van der Waals surface area (Å²) in [7, 11) is 0. The van der Waals surface area contributed by atoms with Gasteiger partial charge in [-0.15, -0.1) is 0 Å². The monoisotopic (exact) mass is 564 g/mol. The van der Waals surface area contributed by atoms with E-state index in [-0.39, 0.29) is 39.3 Å². The van der Waals surface area contributed by atoms with E-state index >= 15 is 0 Å². The number of hydrogen-bond acceptors (Lipinski definition) is 4. The first-order valence-electron chi connectivity index (χ1n) is 15.1. The Morgan fingerprint density at radius 3 is 2.30 bits per heavy atom. The first-order valence-corrected chi connectivity index (χ1v) is 15.1.